The molecule has 0 saturated heterocycles. The highest BCUT2D eigenvalue weighted by atomic mass is 19.4. The zero-order valence-corrected chi connectivity index (χ0v) is 16.2. The van der Waals surface area contributed by atoms with Crippen molar-refractivity contribution in [1.29, 1.82) is 0 Å². The molecule has 0 atom stereocenters. The first-order valence-corrected chi connectivity index (χ1v) is 8.83. The summed E-state index contributed by atoms with van der Waals surface area (Å²) in [5.41, 5.74) is 3.54. The van der Waals surface area contributed by atoms with Crippen LogP contribution < -0.4 is 16.4 Å². The Morgan fingerprint density at radius 2 is 1.47 bits per heavy atom. The number of anilines is 3. The number of amides is 2. The zero-order valence-electron chi connectivity index (χ0n) is 16.2. The maximum Gasteiger partial charge on any atom is 0.419 e. The van der Waals surface area contributed by atoms with E-state index in [1.54, 1.807) is 6.92 Å². The van der Waals surface area contributed by atoms with Gasteiger partial charge in [-0.1, -0.05) is 6.07 Å². The predicted octanol–water partition coefficient (Wildman–Crippen LogP) is 4.17. The second-order valence-corrected chi connectivity index (χ2v) is 6.55. The van der Waals surface area contributed by atoms with Crippen molar-refractivity contribution in [3.63, 3.8) is 0 Å². The van der Waals surface area contributed by atoms with Crippen molar-refractivity contribution in [2.24, 2.45) is 0 Å². The van der Waals surface area contributed by atoms with Crippen LogP contribution in [-0.4, -0.2) is 21.8 Å². The second-order valence-electron chi connectivity index (χ2n) is 6.55. The zero-order chi connectivity index (χ0) is 23.6. The number of rotatable bonds is 4. The van der Waals surface area contributed by atoms with Crippen LogP contribution in [0.1, 0.15) is 31.8 Å². The van der Waals surface area contributed by atoms with Gasteiger partial charge in [0.15, 0.2) is 11.6 Å². The molecular weight excluding hydrogens is 437 g/mol. The van der Waals surface area contributed by atoms with Crippen molar-refractivity contribution in [2.75, 3.05) is 16.4 Å². The van der Waals surface area contributed by atoms with Crippen LogP contribution in [-0.2, 0) is 6.18 Å². The van der Waals surface area contributed by atoms with Gasteiger partial charge in [-0.05, 0) is 36.8 Å². The van der Waals surface area contributed by atoms with Crippen LogP contribution in [0.4, 0.5) is 39.3 Å². The number of hydrogen-bond donors (Lipinski definition) is 3. The molecule has 2 aromatic carbocycles. The number of carbonyl (C=O) groups is 2. The molecular formula is C20H14F5N5O2. The van der Waals surface area contributed by atoms with E-state index < -0.39 is 40.8 Å². The highest BCUT2D eigenvalue weighted by Gasteiger charge is 2.36. The Hall–Kier alpha value is -4.09. The van der Waals surface area contributed by atoms with E-state index in [4.69, 9.17) is 5.73 Å². The van der Waals surface area contributed by atoms with Crippen LogP contribution in [0.5, 0.6) is 0 Å². The number of halogens is 5. The second kappa shape index (κ2) is 8.57. The van der Waals surface area contributed by atoms with Crippen LogP contribution in [0.3, 0.4) is 0 Å². The van der Waals surface area contributed by atoms with Crippen molar-refractivity contribution in [1.82, 2.24) is 9.97 Å². The van der Waals surface area contributed by atoms with Gasteiger partial charge in [0.1, 0.15) is 0 Å². The molecule has 166 valence electrons. The number of nitrogen functional groups attached to an aromatic ring is 1. The number of nitrogens with two attached hydrogens (primary N) is 1. The topological polar surface area (TPSA) is 110 Å². The average Bonchev–Trinajstić information content (AvgIpc) is 2.72. The first-order valence-electron chi connectivity index (χ1n) is 8.83. The molecule has 2 amide bonds. The molecule has 7 nitrogen and oxygen atoms in total. The molecule has 0 radical (unpaired) electrons. The summed E-state index contributed by atoms with van der Waals surface area (Å²) in [6.45, 7) is 1.62. The molecule has 0 aliphatic heterocycles. The van der Waals surface area contributed by atoms with Gasteiger partial charge in [0, 0.05) is 11.3 Å². The Kier molecular flexibility index (Phi) is 6.05. The fourth-order valence-corrected chi connectivity index (χ4v) is 2.69. The van der Waals surface area contributed by atoms with Crippen LogP contribution in [0.15, 0.2) is 42.7 Å². The molecule has 0 unspecified atom stereocenters. The summed E-state index contributed by atoms with van der Waals surface area (Å²) < 4.78 is 65.9. The summed E-state index contributed by atoms with van der Waals surface area (Å²) in [4.78, 5) is 32.3. The molecule has 0 fully saturated rings. The SMILES string of the molecule is Cc1ccc(NC(=O)c2ccc(C(F)(F)F)c(F)c2F)cc1C(=O)Nc1cnc(N)nc1. The van der Waals surface area contributed by atoms with E-state index >= 15 is 0 Å². The molecule has 4 N–H and O–H groups in total. The molecule has 0 spiro atoms. The van der Waals surface area contributed by atoms with E-state index in [9.17, 15) is 31.5 Å². The molecule has 3 rings (SSSR count). The van der Waals surface area contributed by atoms with E-state index in [1.807, 2.05) is 0 Å². The van der Waals surface area contributed by atoms with Gasteiger partial charge in [0.05, 0.1) is 29.2 Å². The van der Waals surface area contributed by atoms with Crippen molar-refractivity contribution in [3.8, 4) is 0 Å². The lowest BCUT2D eigenvalue weighted by Crippen LogP contribution is -2.18. The van der Waals surface area contributed by atoms with Gasteiger partial charge in [-0.2, -0.15) is 13.2 Å². The van der Waals surface area contributed by atoms with Gasteiger partial charge < -0.3 is 16.4 Å². The molecule has 1 aromatic heterocycles. The third kappa shape index (κ3) is 4.79. The highest BCUT2D eigenvalue weighted by Crippen LogP contribution is 2.33. The summed E-state index contributed by atoms with van der Waals surface area (Å²) in [5, 5.41) is 4.76. The third-order valence-corrected chi connectivity index (χ3v) is 4.30. The minimum atomic E-state index is -5.12. The first-order chi connectivity index (χ1) is 15.0. The molecule has 12 heteroatoms. The number of alkyl halides is 3. The fraction of sp³-hybridized carbons (Fsp3) is 0.100. The summed E-state index contributed by atoms with van der Waals surface area (Å²) in [7, 11) is 0. The number of benzene rings is 2. The van der Waals surface area contributed by atoms with Gasteiger partial charge in [-0.3, -0.25) is 9.59 Å². The molecule has 0 aliphatic rings. The molecule has 1 heterocycles. The smallest absolute Gasteiger partial charge is 0.368 e. The molecule has 0 saturated carbocycles. The Labute approximate surface area is 177 Å². The predicted molar refractivity (Wildman–Crippen MR) is 105 cm³/mol. The molecule has 0 bridgehead atoms. The van der Waals surface area contributed by atoms with Crippen molar-refractivity contribution in [2.45, 2.75) is 13.1 Å². The summed E-state index contributed by atoms with van der Waals surface area (Å²) >= 11 is 0. The monoisotopic (exact) mass is 451 g/mol. The normalized spacial score (nSPS) is 11.2. The summed E-state index contributed by atoms with van der Waals surface area (Å²) in [6, 6.07) is 4.93. The van der Waals surface area contributed by atoms with Gasteiger partial charge in [-0.25, -0.2) is 18.7 Å². The van der Waals surface area contributed by atoms with Crippen LogP contribution in [0, 0.1) is 18.6 Å². The minimum absolute atomic E-state index is 0.0100. The average molecular weight is 451 g/mol. The minimum Gasteiger partial charge on any atom is -0.368 e. The lowest BCUT2D eigenvalue weighted by Gasteiger charge is -2.13. The largest absolute Gasteiger partial charge is 0.419 e. The Balaban J connectivity index is 1.83. The number of aryl methyl sites for hydroxylation is 1. The van der Waals surface area contributed by atoms with Crippen LogP contribution in [0.2, 0.25) is 0 Å². The number of nitrogens with one attached hydrogen (secondary N) is 2. The number of carbonyl (C=O) groups excluding carboxylic acids is 2. The maximum absolute atomic E-state index is 14.1. The van der Waals surface area contributed by atoms with Gasteiger partial charge in [0.2, 0.25) is 5.95 Å². The van der Waals surface area contributed by atoms with Gasteiger partial charge >= 0.3 is 6.18 Å². The number of nitrogens with zero attached hydrogens (tertiary/aromatic N) is 2. The summed E-state index contributed by atoms with van der Waals surface area (Å²) in [6.07, 6.45) is -2.55. The van der Waals surface area contributed by atoms with E-state index in [0.717, 1.165) is 0 Å². The van der Waals surface area contributed by atoms with Crippen molar-refractivity contribution in [3.05, 3.63) is 76.6 Å². The van der Waals surface area contributed by atoms with E-state index in [2.05, 4.69) is 20.6 Å². The molecule has 32 heavy (non-hydrogen) atoms. The first kappa shape index (κ1) is 22.6. The molecule has 0 aliphatic carbocycles. The Bertz CT molecular complexity index is 1200. The fourth-order valence-electron chi connectivity index (χ4n) is 2.69. The quantitative estimate of drug-likeness (QED) is 0.516. The van der Waals surface area contributed by atoms with Gasteiger partial charge in [0.25, 0.3) is 11.8 Å². The van der Waals surface area contributed by atoms with E-state index in [0.29, 0.717) is 11.6 Å². The van der Waals surface area contributed by atoms with Crippen molar-refractivity contribution < 1.29 is 31.5 Å². The Morgan fingerprint density at radius 3 is 2.09 bits per heavy atom. The lowest BCUT2D eigenvalue weighted by atomic mass is 10.1. The Morgan fingerprint density at radius 1 is 0.875 bits per heavy atom. The molecule has 3 aromatic rings. The highest BCUT2D eigenvalue weighted by molar-refractivity contribution is 6.08. The van der Waals surface area contributed by atoms with Crippen LogP contribution in [0.25, 0.3) is 0 Å². The van der Waals surface area contributed by atoms with E-state index in [1.165, 1.54) is 30.6 Å². The summed E-state index contributed by atoms with van der Waals surface area (Å²) in [5.74, 6) is -5.89. The lowest BCUT2D eigenvalue weighted by molar-refractivity contribution is -0.140. The third-order valence-electron chi connectivity index (χ3n) is 4.30. The number of aromatic nitrogens is 2. The van der Waals surface area contributed by atoms with Gasteiger partial charge in [-0.15, -0.1) is 0 Å². The number of hydrogen-bond acceptors (Lipinski definition) is 5. The van der Waals surface area contributed by atoms with E-state index in [-0.39, 0.29) is 29.0 Å². The maximum atomic E-state index is 14.1. The standard InChI is InChI=1S/C20H14F5N5O2/c1-9-2-3-10(6-13(9)18(32)30-11-7-27-19(26)28-8-11)29-17(31)12-4-5-14(20(23,24)25)16(22)15(12)21/h2-8H,1H3,(H,29,31)(H,30,32)(H2,26,27,28). The van der Waals surface area contributed by atoms with Crippen molar-refractivity contribution >= 4 is 29.1 Å². The van der Waals surface area contributed by atoms with Crippen LogP contribution >= 0.6 is 0 Å².